The number of benzene rings is 2. The molecule has 4 nitrogen and oxygen atoms in total. The van der Waals surface area contributed by atoms with E-state index in [1.54, 1.807) is 6.08 Å². The number of hydrogen-bond acceptors (Lipinski definition) is 3. The number of carbonyl (C=O) groups excluding carboxylic acids is 2. The van der Waals surface area contributed by atoms with Gasteiger partial charge in [0.15, 0.2) is 17.1 Å². The summed E-state index contributed by atoms with van der Waals surface area (Å²) in [5.41, 5.74) is 6.63. The van der Waals surface area contributed by atoms with Gasteiger partial charge in [-0.05, 0) is 36.6 Å². The van der Waals surface area contributed by atoms with Crippen molar-refractivity contribution in [2.24, 2.45) is 7.05 Å². The van der Waals surface area contributed by atoms with E-state index in [-0.39, 0.29) is 17.1 Å². The number of rotatable bonds is 2. The third-order valence-corrected chi connectivity index (χ3v) is 5.67. The molecule has 0 spiro atoms. The highest BCUT2D eigenvalue weighted by Gasteiger charge is 2.35. The molecule has 142 valence electrons. The lowest BCUT2D eigenvalue weighted by Crippen LogP contribution is -2.00. The zero-order valence-corrected chi connectivity index (χ0v) is 16.4. The first-order valence-electron chi connectivity index (χ1n) is 9.51. The first-order chi connectivity index (χ1) is 14.0. The molecule has 0 N–H and O–H groups in total. The van der Waals surface area contributed by atoms with Crippen molar-refractivity contribution >= 4 is 28.7 Å². The number of hydrogen-bond donors (Lipinski definition) is 0. The van der Waals surface area contributed by atoms with Crippen molar-refractivity contribution in [1.29, 1.82) is 0 Å². The summed E-state index contributed by atoms with van der Waals surface area (Å²) in [6, 6.07) is 17.7. The van der Waals surface area contributed by atoms with E-state index in [0.29, 0.717) is 16.9 Å². The molecule has 0 atom stereocenters. The van der Waals surface area contributed by atoms with E-state index in [0.717, 1.165) is 33.5 Å². The average molecular weight is 381 g/mol. The predicted molar refractivity (Wildman–Crippen MR) is 113 cm³/mol. The molecule has 0 saturated carbocycles. The lowest BCUT2D eigenvalue weighted by Gasteiger charge is -2.03. The van der Waals surface area contributed by atoms with Gasteiger partial charge < -0.3 is 8.98 Å². The highest BCUT2D eigenvalue weighted by atomic mass is 16.3. The van der Waals surface area contributed by atoms with Crippen molar-refractivity contribution in [3.05, 3.63) is 88.2 Å². The van der Waals surface area contributed by atoms with Crippen LogP contribution in [0, 0.1) is 13.8 Å². The van der Waals surface area contributed by atoms with Crippen LogP contribution < -0.4 is 0 Å². The van der Waals surface area contributed by atoms with Crippen LogP contribution in [0.5, 0.6) is 0 Å². The number of fused-ring (bicyclic) bond motifs is 2. The molecule has 1 aliphatic carbocycles. The Labute approximate surface area is 168 Å². The summed E-state index contributed by atoms with van der Waals surface area (Å²) in [4.78, 5) is 25.8. The third-order valence-electron chi connectivity index (χ3n) is 5.67. The summed E-state index contributed by atoms with van der Waals surface area (Å²) in [5, 5.41) is 0. The summed E-state index contributed by atoms with van der Waals surface area (Å²) >= 11 is 0. The molecule has 0 fully saturated rings. The molecule has 4 heteroatoms. The number of carbonyl (C=O) groups is 2. The second-order valence-electron chi connectivity index (χ2n) is 7.52. The Bertz CT molecular complexity index is 1310. The van der Waals surface area contributed by atoms with Crippen LogP contribution >= 0.6 is 0 Å². The Morgan fingerprint density at radius 3 is 2.07 bits per heavy atom. The molecule has 29 heavy (non-hydrogen) atoms. The molecule has 1 aliphatic rings. The zero-order chi connectivity index (χ0) is 20.3. The van der Waals surface area contributed by atoms with Gasteiger partial charge in [-0.15, -0.1) is 0 Å². The van der Waals surface area contributed by atoms with Gasteiger partial charge in [-0.25, -0.2) is 0 Å². The van der Waals surface area contributed by atoms with Gasteiger partial charge in [0.25, 0.3) is 0 Å². The highest BCUT2D eigenvalue weighted by molar-refractivity contribution is 6.42. The summed E-state index contributed by atoms with van der Waals surface area (Å²) in [6.45, 7) is 3.72. The normalized spacial score (nSPS) is 13.4. The Morgan fingerprint density at radius 1 is 0.862 bits per heavy atom. The SMILES string of the molecule is Cc1ccc(C)c2c1C(=O)C(=Cc1cc3c(cc(-c4ccccc4)n3C)o1)C2=O. The van der Waals surface area contributed by atoms with Crippen molar-refractivity contribution < 1.29 is 14.0 Å². The van der Waals surface area contributed by atoms with Crippen LogP contribution in [-0.4, -0.2) is 16.1 Å². The minimum Gasteiger partial charge on any atom is -0.455 e. The number of allylic oxidation sites excluding steroid dienone is 1. The minimum atomic E-state index is -0.225. The van der Waals surface area contributed by atoms with Gasteiger partial charge in [0.05, 0.1) is 16.8 Å². The fourth-order valence-electron chi connectivity index (χ4n) is 4.13. The van der Waals surface area contributed by atoms with Crippen molar-refractivity contribution in [2.45, 2.75) is 13.8 Å². The molecule has 4 aromatic rings. The standard InChI is InChI=1S/C25H19NO3/c1-14-9-10-15(2)23-22(14)24(27)18(25(23)28)11-17-12-20-21(29-17)13-19(26(20)3)16-7-5-4-6-8-16/h4-13H,1-3H3. The number of nitrogens with zero attached hydrogens (tertiary/aromatic N) is 1. The maximum atomic E-state index is 12.9. The van der Waals surface area contributed by atoms with Crippen molar-refractivity contribution in [3.8, 4) is 11.3 Å². The Morgan fingerprint density at radius 2 is 1.48 bits per heavy atom. The van der Waals surface area contributed by atoms with E-state index >= 15 is 0 Å². The molecule has 5 rings (SSSR count). The van der Waals surface area contributed by atoms with E-state index in [9.17, 15) is 9.59 Å². The Hall–Kier alpha value is -3.66. The average Bonchev–Trinajstić information content (AvgIpc) is 3.33. The van der Waals surface area contributed by atoms with E-state index in [1.807, 2.05) is 63.4 Å². The summed E-state index contributed by atoms with van der Waals surface area (Å²) in [7, 11) is 1.98. The zero-order valence-electron chi connectivity index (χ0n) is 16.4. The van der Waals surface area contributed by atoms with Crippen LogP contribution in [0.4, 0.5) is 0 Å². The number of Topliss-reactive ketones (excluding diaryl/α,β-unsaturated/α-hetero) is 2. The Balaban J connectivity index is 1.58. The Kier molecular flexibility index (Phi) is 3.71. The molecule has 2 aromatic carbocycles. The minimum absolute atomic E-state index is 0.166. The maximum absolute atomic E-state index is 12.9. The van der Waals surface area contributed by atoms with Crippen LogP contribution in [0.15, 0.2) is 64.6 Å². The first kappa shape index (κ1) is 17.4. The van der Waals surface area contributed by atoms with Crippen LogP contribution in [0.2, 0.25) is 0 Å². The summed E-state index contributed by atoms with van der Waals surface area (Å²) < 4.78 is 8.02. The monoisotopic (exact) mass is 381 g/mol. The van der Waals surface area contributed by atoms with E-state index in [4.69, 9.17) is 4.42 Å². The molecule has 2 aromatic heterocycles. The molecule has 0 aliphatic heterocycles. The van der Waals surface area contributed by atoms with Gasteiger partial charge in [-0.2, -0.15) is 0 Å². The molecular weight excluding hydrogens is 362 g/mol. The number of ketones is 2. The van der Waals surface area contributed by atoms with Crippen LogP contribution in [0.1, 0.15) is 37.6 Å². The van der Waals surface area contributed by atoms with E-state index < -0.39 is 0 Å². The van der Waals surface area contributed by atoms with Gasteiger partial charge in [0, 0.05) is 30.3 Å². The van der Waals surface area contributed by atoms with Crippen molar-refractivity contribution in [2.75, 3.05) is 0 Å². The summed E-state index contributed by atoms with van der Waals surface area (Å²) in [6.07, 6.45) is 1.58. The highest BCUT2D eigenvalue weighted by Crippen LogP contribution is 2.34. The van der Waals surface area contributed by atoms with Gasteiger partial charge in [-0.3, -0.25) is 9.59 Å². The second kappa shape index (κ2) is 6.17. The first-order valence-corrected chi connectivity index (χ1v) is 9.51. The van der Waals surface area contributed by atoms with Gasteiger partial charge in [-0.1, -0.05) is 42.5 Å². The molecule has 0 amide bonds. The fraction of sp³-hybridized carbons (Fsp3) is 0.120. The van der Waals surface area contributed by atoms with Crippen LogP contribution in [0.25, 0.3) is 28.4 Å². The molecule has 0 saturated heterocycles. The molecule has 0 radical (unpaired) electrons. The van der Waals surface area contributed by atoms with Gasteiger partial charge in [0.1, 0.15) is 5.76 Å². The number of aromatic nitrogens is 1. The predicted octanol–water partition coefficient (Wildman–Crippen LogP) is 5.52. The smallest absolute Gasteiger partial charge is 0.198 e. The molecule has 0 unspecified atom stereocenters. The lowest BCUT2D eigenvalue weighted by molar-refractivity contribution is 0.0990. The van der Waals surface area contributed by atoms with E-state index in [1.165, 1.54) is 0 Å². The van der Waals surface area contributed by atoms with Crippen molar-refractivity contribution in [3.63, 3.8) is 0 Å². The maximum Gasteiger partial charge on any atom is 0.198 e. The third kappa shape index (κ3) is 2.53. The topological polar surface area (TPSA) is 52.2 Å². The quantitative estimate of drug-likeness (QED) is 0.339. The number of aryl methyl sites for hydroxylation is 3. The number of furan rings is 1. The molecular formula is C25H19NO3. The van der Waals surface area contributed by atoms with Gasteiger partial charge >= 0.3 is 0 Å². The summed E-state index contributed by atoms with van der Waals surface area (Å²) in [5.74, 6) is 0.0540. The molecule has 2 heterocycles. The molecule has 0 bridgehead atoms. The largest absolute Gasteiger partial charge is 0.455 e. The van der Waals surface area contributed by atoms with Gasteiger partial charge in [0.2, 0.25) is 0 Å². The lowest BCUT2D eigenvalue weighted by atomic mass is 9.99. The fourth-order valence-corrected chi connectivity index (χ4v) is 4.13. The second-order valence-corrected chi connectivity index (χ2v) is 7.52. The van der Waals surface area contributed by atoms with E-state index in [2.05, 4.69) is 16.7 Å². The van der Waals surface area contributed by atoms with Crippen molar-refractivity contribution in [1.82, 2.24) is 4.57 Å². The van der Waals surface area contributed by atoms with Crippen LogP contribution in [-0.2, 0) is 7.05 Å². The van der Waals surface area contributed by atoms with Crippen LogP contribution in [0.3, 0.4) is 0 Å².